The first-order valence-electron chi connectivity index (χ1n) is 5.48. The number of aliphatic hydroxyl groups is 1. The zero-order valence-electron chi connectivity index (χ0n) is 9.51. The molecule has 0 saturated heterocycles. The minimum atomic E-state index is 0.310. The van der Waals surface area contributed by atoms with Gasteiger partial charge in [-0.3, -0.25) is 0 Å². The molecule has 0 aromatic rings. The average molecular weight is 187 g/mol. The van der Waals surface area contributed by atoms with E-state index in [9.17, 15) is 0 Å². The molecule has 0 aliphatic carbocycles. The van der Waals surface area contributed by atoms with Gasteiger partial charge in [0.2, 0.25) is 0 Å². The highest BCUT2D eigenvalue weighted by Crippen LogP contribution is 2.08. The van der Waals surface area contributed by atoms with E-state index in [4.69, 9.17) is 5.11 Å². The van der Waals surface area contributed by atoms with E-state index in [0.29, 0.717) is 24.6 Å². The quantitative estimate of drug-likeness (QED) is 0.640. The maximum absolute atomic E-state index is 8.69. The average Bonchev–Trinajstić information content (AvgIpc) is 2.10. The first-order chi connectivity index (χ1) is 6.11. The van der Waals surface area contributed by atoms with E-state index in [1.54, 1.807) is 0 Å². The Morgan fingerprint density at radius 1 is 1.23 bits per heavy atom. The summed E-state index contributed by atoms with van der Waals surface area (Å²) in [5.74, 6) is 0.696. The van der Waals surface area contributed by atoms with Crippen molar-refractivity contribution in [3.63, 3.8) is 0 Å². The molecule has 13 heavy (non-hydrogen) atoms. The number of hydrogen-bond acceptors (Lipinski definition) is 2. The van der Waals surface area contributed by atoms with Crippen molar-refractivity contribution in [1.29, 1.82) is 0 Å². The zero-order valence-corrected chi connectivity index (χ0v) is 9.51. The molecule has 0 bridgehead atoms. The predicted octanol–water partition coefficient (Wildman–Crippen LogP) is 2.17. The van der Waals surface area contributed by atoms with Crippen molar-refractivity contribution in [2.75, 3.05) is 6.61 Å². The molecule has 0 aliphatic rings. The molecule has 0 fully saturated rings. The van der Waals surface area contributed by atoms with Crippen molar-refractivity contribution >= 4 is 0 Å². The predicted molar refractivity (Wildman–Crippen MR) is 57.8 cm³/mol. The van der Waals surface area contributed by atoms with Crippen molar-refractivity contribution in [2.45, 2.75) is 59.0 Å². The van der Waals surface area contributed by atoms with E-state index in [-0.39, 0.29) is 0 Å². The van der Waals surface area contributed by atoms with Crippen LogP contribution in [0.3, 0.4) is 0 Å². The van der Waals surface area contributed by atoms with Crippen molar-refractivity contribution < 1.29 is 5.11 Å². The van der Waals surface area contributed by atoms with Gasteiger partial charge in [0.15, 0.2) is 0 Å². The van der Waals surface area contributed by atoms with Crippen molar-refractivity contribution in [2.24, 2.45) is 5.92 Å². The van der Waals surface area contributed by atoms with E-state index in [1.165, 1.54) is 6.42 Å². The molecule has 0 aromatic heterocycles. The van der Waals surface area contributed by atoms with Crippen LogP contribution < -0.4 is 5.32 Å². The minimum Gasteiger partial charge on any atom is -0.396 e. The maximum Gasteiger partial charge on any atom is 0.0431 e. The molecule has 0 rings (SSSR count). The van der Waals surface area contributed by atoms with Crippen LogP contribution in [-0.4, -0.2) is 23.8 Å². The van der Waals surface area contributed by atoms with Gasteiger partial charge in [0.1, 0.15) is 0 Å². The lowest BCUT2D eigenvalue weighted by Crippen LogP contribution is -2.39. The summed E-state index contributed by atoms with van der Waals surface area (Å²) in [7, 11) is 0. The van der Waals surface area contributed by atoms with Gasteiger partial charge in [-0.05, 0) is 32.1 Å². The summed E-state index contributed by atoms with van der Waals surface area (Å²) >= 11 is 0. The topological polar surface area (TPSA) is 32.3 Å². The normalized spacial score (nSPS) is 16.2. The van der Waals surface area contributed by atoms with E-state index in [2.05, 4.69) is 33.0 Å². The van der Waals surface area contributed by atoms with E-state index in [1.807, 2.05) is 0 Å². The van der Waals surface area contributed by atoms with Gasteiger partial charge in [-0.25, -0.2) is 0 Å². The molecule has 80 valence electrons. The van der Waals surface area contributed by atoms with Gasteiger partial charge in [0.05, 0.1) is 0 Å². The Labute approximate surface area is 82.7 Å². The van der Waals surface area contributed by atoms with Gasteiger partial charge in [-0.15, -0.1) is 0 Å². The Morgan fingerprint density at radius 3 is 2.23 bits per heavy atom. The van der Waals surface area contributed by atoms with Gasteiger partial charge < -0.3 is 10.4 Å². The molecular weight excluding hydrogens is 162 g/mol. The Morgan fingerprint density at radius 2 is 1.85 bits per heavy atom. The number of rotatable bonds is 7. The molecule has 2 N–H and O–H groups in total. The molecule has 0 unspecified atom stereocenters. The highest BCUT2D eigenvalue weighted by molar-refractivity contribution is 4.72. The van der Waals surface area contributed by atoms with E-state index in [0.717, 1.165) is 12.8 Å². The molecule has 0 heterocycles. The van der Waals surface area contributed by atoms with Crippen LogP contribution in [0.25, 0.3) is 0 Å². The maximum atomic E-state index is 8.69. The molecule has 0 radical (unpaired) electrons. The summed E-state index contributed by atoms with van der Waals surface area (Å²) < 4.78 is 0. The summed E-state index contributed by atoms with van der Waals surface area (Å²) in [5, 5.41) is 12.3. The van der Waals surface area contributed by atoms with Crippen LogP contribution in [0.1, 0.15) is 47.0 Å². The Balaban J connectivity index is 3.66. The summed E-state index contributed by atoms with van der Waals surface area (Å²) in [5.41, 5.74) is 0. The molecule has 2 nitrogen and oxygen atoms in total. The molecule has 0 aliphatic heterocycles. The summed E-state index contributed by atoms with van der Waals surface area (Å²) in [6.07, 6.45) is 3.16. The van der Waals surface area contributed by atoms with Crippen LogP contribution in [0.15, 0.2) is 0 Å². The monoisotopic (exact) mass is 187 g/mol. The van der Waals surface area contributed by atoms with Gasteiger partial charge in [-0.2, -0.15) is 0 Å². The fraction of sp³-hybridized carbons (Fsp3) is 1.00. The minimum absolute atomic E-state index is 0.310. The molecule has 0 spiro atoms. The number of nitrogens with one attached hydrogen (secondary N) is 1. The third kappa shape index (κ3) is 6.05. The standard InChI is InChI=1S/C11H25NO/c1-5-11(9(2)3)12-10(4)7-6-8-13/h9-13H,5-8H2,1-4H3/t10-,11-/m1/s1. The summed E-state index contributed by atoms with van der Waals surface area (Å²) in [6, 6.07) is 1.15. The number of aliphatic hydroxyl groups excluding tert-OH is 1. The highest BCUT2D eigenvalue weighted by Gasteiger charge is 2.12. The molecular formula is C11H25NO. The third-order valence-corrected chi connectivity index (χ3v) is 2.54. The molecule has 0 amide bonds. The second-order valence-corrected chi connectivity index (χ2v) is 4.19. The largest absolute Gasteiger partial charge is 0.396 e. The Kier molecular flexibility index (Phi) is 7.29. The van der Waals surface area contributed by atoms with Gasteiger partial charge >= 0.3 is 0 Å². The molecule has 0 saturated carbocycles. The Hall–Kier alpha value is -0.0800. The lowest BCUT2D eigenvalue weighted by Gasteiger charge is -2.25. The lowest BCUT2D eigenvalue weighted by atomic mass is 10.00. The highest BCUT2D eigenvalue weighted by atomic mass is 16.2. The van der Waals surface area contributed by atoms with Crippen molar-refractivity contribution in [3.8, 4) is 0 Å². The van der Waals surface area contributed by atoms with Gasteiger partial charge in [0, 0.05) is 18.7 Å². The van der Waals surface area contributed by atoms with Crippen LogP contribution in [-0.2, 0) is 0 Å². The molecule has 2 heteroatoms. The van der Waals surface area contributed by atoms with Crippen molar-refractivity contribution in [3.05, 3.63) is 0 Å². The van der Waals surface area contributed by atoms with E-state index < -0.39 is 0 Å². The first kappa shape index (κ1) is 12.9. The van der Waals surface area contributed by atoms with Crippen LogP contribution in [0, 0.1) is 5.92 Å². The fourth-order valence-corrected chi connectivity index (χ4v) is 1.63. The number of hydrogen-bond donors (Lipinski definition) is 2. The van der Waals surface area contributed by atoms with Gasteiger partial charge in [-0.1, -0.05) is 20.8 Å². The van der Waals surface area contributed by atoms with Crippen LogP contribution in [0.4, 0.5) is 0 Å². The smallest absolute Gasteiger partial charge is 0.0431 e. The van der Waals surface area contributed by atoms with Crippen LogP contribution in [0.5, 0.6) is 0 Å². The summed E-state index contributed by atoms with van der Waals surface area (Å²) in [6.45, 7) is 9.22. The molecule has 2 atom stereocenters. The van der Waals surface area contributed by atoms with Crippen LogP contribution >= 0.6 is 0 Å². The summed E-state index contributed by atoms with van der Waals surface area (Å²) in [4.78, 5) is 0. The second-order valence-electron chi connectivity index (χ2n) is 4.19. The molecule has 0 aromatic carbocycles. The fourth-order valence-electron chi connectivity index (χ4n) is 1.63. The van der Waals surface area contributed by atoms with E-state index >= 15 is 0 Å². The van der Waals surface area contributed by atoms with Crippen molar-refractivity contribution in [1.82, 2.24) is 5.32 Å². The Bertz CT molecular complexity index is 115. The van der Waals surface area contributed by atoms with Gasteiger partial charge in [0.25, 0.3) is 0 Å². The lowest BCUT2D eigenvalue weighted by molar-refractivity contribution is 0.267. The first-order valence-corrected chi connectivity index (χ1v) is 5.48. The second kappa shape index (κ2) is 7.34. The SMILES string of the molecule is CC[C@@H](N[C@H](C)CCCO)C(C)C. The third-order valence-electron chi connectivity index (χ3n) is 2.54. The zero-order chi connectivity index (χ0) is 10.3. The van der Waals surface area contributed by atoms with Crippen LogP contribution in [0.2, 0.25) is 0 Å².